The van der Waals surface area contributed by atoms with E-state index in [9.17, 15) is 18.8 Å². The number of benzene rings is 2. The molecule has 0 aliphatic carbocycles. The molecule has 0 bridgehead atoms. The van der Waals surface area contributed by atoms with Crippen molar-refractivity contribution in [3.8, 4) is 0 Å². The summed E-state index contributed by atoms with van der Waals surface area (Å²) < 4.78 is 46.3. The molecule has 36 heavy (non-hydrogen) atoms. The van der Waals surface area contributed by atoms with Gasteiger partial charge < -0.3 is 14.4 Å². The Morgan fingerprint density at radius 3 is 2.36 bits per heavy atom. The third-order valence-corrected chi connectivity index (χ3v) is 6.69. The molecule has 1 aliphatic rings. The van der Waals surface area contributed by atoms with Crippen LogP contribution in [-0.4, -0.2) is 54.0 Å². The summed E-state index contributed by atoms with van der Waals surface area (Å²) in [7, 11) is 0. The maximum Gasteiger partial charge on any atom is 0.219 e. The van der Waals surface area contributed by atoms with E-state index >= 15 is 8.78 Å². The minimum atomic E-state index is -1.00. The molecular formula is C26H23BrF3N3O3. The molecule has 6 nitrogen and oxygen atoms in total. The average Bonchev–Trinajstić information content (AvgIpc) is 2.85. The molecule has 1 amide bonds. The molecule has 2 aromatic carbocycles. The smallest absolute Gasteiger partial charge is 0.219 e. The topological polar surface area (TPSA) is 62.6 Å². The van der Waals surface area contributed by atoms with Gasteiger partial charge in [0.05, 0.1) is 23.0 Å². The van der Waals surface area contributed by atoms with E-state index in [4.69, 9.17) is 0 Å². The first-order valence-electron chi connectivity index (χ1n) is 11.3. The van der Waals surface area contributed by atoms with Crippen molar-refractivity contribution < 1.29 is 22.8 Å². The molecule has 1 aromatic heterocycles. The largest absolute Gasteiger partial charge is 0.363 e. The highest BCUT2D eigenvalue weighted by atomic mass is 79.9. The van der Waals surface area contributed by atoms with Gasteiger partial charge in [-0.05, 0) is 29.8 Å². The minimum Gasteiger partial charge on any atom is -0.363 e. The number of anilines is 1. The number of hydrogen-bond donors (Lipinski definition) is 0. The normalized spacial score (nSPS) is 14.1. The monoisotopic (exact) mass is 561 g/mol. The van der Waals surface area contributed by atoms with E-state index in [1.165, 1.54) is 24.0 Å². The van der Waals surface area contributed by atoms with Crippen LogP contribution in [0.2, 0.25) is 0 Å². The lowest BCUT2D eigenvalue weighted by Crippen LogP contribution is -2.48. The van der Waals surface area contributed by atoms with Gasteiger partial charge in [0.25, 0.3) is 0 Å². The molecule has 0 atom stereocenters. The number of ketones is 1. The van der Waals surface area contributed by atoms with Crippen LogP contribution in [-0.2, 0) is 11.3 Å². The summed E-state index contributed by atoms with van der Waals surface area (Å²) in [6.07, 6.45) is 3.83. The van der Waals surface area contributed by atoms with E-state index in [0.29, 0.717) is 18.7 Å². The van der Waals surface area contributed by atoms with Crippen molar-refractivity contribution in [3.63, 3.8) is 0 Å². The first kappa shape index (κ1) is 25.7. The third-order valence-electron chi connectivity index (χ3n) is 6.16. The summed E-state index contributed by atoms with van der Waals surface area (Å²) in [5, 5.41) is -0.340. The molecule has 1 saturated heterocycles. The van der Waals surface area contributed by atoms with Crippen LogP contribution < -0.4 is 10.3 Å². The predicted octanol–water partition coefficient (Wildman–Crippen LogP) is 4.58. The lowest BCUT2D eigenvalue weighted by atomic mass is 10.0. The summed E-state index contributed by atoms with van der Waals surface area (Å²) in [6.45, 7) is 1.20. The Kier molecular flexibility index (Phi) is 7.63. The van der Waals surface area contributed by atoms with Crippen LogP contribution in [0.3, 0.4) is 0 Å². The number of nitrogens with zero attached hydrogens (tertiary/aromatic N) is 3. The number of rotatable bonds is 6. The second-order valence-corrected chi connectivity index (χ2v) is 9.33. The van der Waals surface area contributed by atoms with Gasteiger partial charge in [0, 0.05) is 43.8 Å². The second-order valence-electron chi connectivity index (χ2n) is 8.41. The fourth-order valence-electron chi connectivity index (χ4n) is 4.29. The molecule has 4 rings (SSSR count). The van der Waals surface area contributed by atoms with E-state index in [-0.39, 0.29) is 47.7 Å². The predicted molar refractivity (Wildman–Crippen MR) is 136 cm³/mol. The third kappa shape index (κ3) is 5.09. The zero-order valence-corrected chi connectivity index (χ0v) is 21.0. The lowest BCUT2D eigenvalue weighted by Gasteiger charge is -2.36. The summed E-state index contributed by atoms with van der Waals surface area (Å²) in [5.41, 5.74) is -1.05. The second kappa shape index (κ2) is 10.7. The Hall–Kier alpha value is -3.40. The van der Waals surface area contributed by atoms with Gasteiger partial charge in [-0.2, -0.15) is 0 Å². The number of carbonyl (C=O) groups is 2. The van der Waals surface area contributed by atoms with Gasteiger partial charge in [-0.15, -0.1) is 0 Å². The van der Waals surface area contributed by atoms with E-state index in [0.717, 1.165) is 21.3 Å². The summed E-state index contributed by atoms with van der Waals surface area (Å²) in [6, 6.07) is 8.00. The SMILES string of the molecule is CC(=O)N1CCN(c2c(F)cc3c(=O)c(C(=O)/C=C/c4ccc(Br)cc4)cn(CCF)c3c2F)CC1. The van der Waals surface area contributed by atoms with Gasteiger partial charge >= 0.3 is 0 Å². The Morgan fingerprint density at radius 1 is 1.08 bits per heavy atom. The molecule has 0 spiro atoms. The van der Waals surface area contributed by atoms with E-state index in [1.54, 1.807) is 29.2 Å². The van der Waals surface area contributed by atoms with Crippen LogP contribution in [0.1, 0.15) is 22.8 Å². The van der Waals surface area contributed by atoms with Crippen LogP contribution in [0.5, 0.6) is 0 Å². The van der Waals surface area contributed by atoms with Gasteiger partial charge in [-0.3, -0.25) is 14.4 Å². The maximum absolute atomic E-state index is 15.7. The lowest BCUT2D eigenvalue weighted by molar-refractivity contribution is -0.129. The Labute approximate surface area is 213 Å². The van der Waals surface area contributed by atoms with E-state index in [2.05, 4.69) is 15.9 Å². The highest BCUT2D eigenvalue weighted by molar-refractivity contribution is 9.10. The number of carbonyl (C=O) groups excluding carboxylic acids is 2. The molecule has 0 saturated carbocycles. The zero-order chi connectivity index (χ0) is 26.0. The molecule has 188 valence electrons. The number of piperazine rings is 1. The van der Waals surface area contributed by atoms with Crippen molar-refractivity contribution in [2.45, 2.75) is 13.5 Å². The number of alkyl halides is 1. The number of hydrogen-bond acceptors (Lipinski definition) is 4. The van der Waals surface area contributed by atoms with Crippen LogP contribution >= 0.6 is 15.9 Å². The quantitative estimate of drug-likeness (QED) is 0.326. The molecule has 10 heteroatoms. The fraction of sp³-hybridized carbons (Fsp3) is 0.269. The van der Waals surface area contributed by atoms with Crippen LogP contribution in [0.4, 0.5) is 18.9 Å². The first-order valence-corrected chi connectivity index (χ1v) is 12.1. The van der Waals surface area contributed by atoms with Crippen molar-refractivity contribution in [1.29, 1.82) is 0 Å². The van der Waals surface area contributed by atoms with Crippen molar-refractivity contribution in [3.05, 3.63) is 80.1 Å². The maximum atomic E-state index is 15.7. The molecule has 0 unspecified atom stereocenters. The number of pyridine rings is 1. The van der Waals surface area contributed by atoms with Gasteiger partial charge in [-0.1, -0.05) is 34.1 Å². The average molecular weight is 562 g/mol. The highest BCUT2D eigenvalue weighted by Gasteiger charge is 2.27. The van der Waals surface area contributed by atoms with Crippen LogP contribution in [0.15, 0.2) is 51.9 Å². The standard InChI is InChI=1S/C26H23BrF3N3O3/c1-16(34)31-10-12-32(13-11-31)25-21(29)14-19-24(23(25)30)33(9-8-28)15-20(26(19)36)22(35)7-4-17-2-5-18(27)6-3-17/h2-7,14-15H,8-13H2,1H3/b7-4+. The van der Waals surface area contributed by atoms with Crippen molar-refractivity contribution in [1.82, 2.24) is 9.47 Å². The van der Waals surface area contributed by atoms with Crippen molar-refractivity contribution >= 4 is 50.3 Å². The van der Waals surface area contributed by atoms with E-state index in [1.807, 2.05) is 0 Å². The minimum absolute atomic E-state index is 0.128. The number of allylic oxidation sites excluding steroid dienone is 1. The van der Waals surface area contributed by atoms with Gasteiger partial charge in [-0.25, -0.2) is 13.2 Å². The Balaban J connectivity index is 1.77. The summed E-state index contributed by atoms with van der Waals surface area (Å²) in [5.74, 6) is -2.76. The number of aromatic nitrogens is 1. The van der Waals surface area contributed by atoms with E-state index < -0.39 is 29.5 Å². The van der Waals surface area contributed by atoms with Gasteiger partial charge in [0.2, 0.25) is 11.3 Å². The number of amides is 1. The van der Waals surface area contributed by atoms with Gasteiger partial charge in [0.15, 0.2) is 11.6 Å². The molecule has 0 N–H and O–H groups in total. The molecule has 3 aromatic rings. The number of fused-ring (bicyclic) bond motifs is 1. The zero-order valence-electron chi connectivity index (χ0n) is 19.4. The van der Waals surface area contributed by atoms with Gasteiger partial charge in [0.1, 0.15) is 18.2 Å². The summed E-state index contributed by atoms with van der Waals surface area (Å²) >= 11 is 3.32. The van der Waals surface area contributed by atoms with Crippen molar-refractivity contribution in [2.75, 3.05) is 37.8 Å². The Morgan fingerprint density at radius 2 is 1.75 bits per heavy atom. The number of aryl methyl sites for hydroxylation is 1. The molecule has 0 radical (unpaired) electrons. The molecule has 2 heterocycles. The summed E-state index contributed by atoms with van der Waals surface area (Å²) in [4.78, 5) is 40.6. The van der Waals surface area contributed by atoms with Crippen LogP contribution in [0.25, 0.3) is 17.0 Å². The Bertz CT molecular complexity index is 1410. The molecule has 1 fully saturated rings. The molecular weight excluding hydrogens is 539 g/mol. The van der Waals surface area contributed by atoms with Crippen LogP contribution in [0, 0.1) is 11.6 Å². The molecule has 1 aliphatic heterocycles. The highest BCUT2D eigenvalue weighted by Crippen LogP contribution is 2.31. The first-order chi connectivity index (χ1) is 17.2. The fourth-order valence-corrected chi connectivity index (χ4v) is 4.55. The number of halogens is 4. The van der Waals surface area contributed by atoms with Crippen molar-refractivity contribution in [2.24, 2.45) is 0 Å².